The highest BCUT2D eigenvalue weighted by atomic mass is 16.5. The standard InChI is InChI=1S/C20H18N2O/c1-3-8-17(9-4-1)15-21-19-12-7-13-20(14-19)23-16-22-18-10-5-2-6-11-18/h1-15,22H,16H2. The molecule has 3 rings (SSSR count). The Bertz CT molecular complexity index is 755. The normalized spacial score (nSPS) is 10.6. The Labute approximate surface area is 136 Å². The van der Waals surface area contributed by atoms with Gasteiger partial charge in [-0.2, -0.15) is 0 Å². The van der Waals surface area contributed by atoms with E-state index in [4.69, 9.17) is 4.74 Å². The van der Waals surface area contributed by atoms with Gasteiger partial charge in [0.2, 0.25) is 0 Å². The fourth-order valence-corrected chi connectivity index (χ4v) is 2.10. The Kier molecular flexibility index (Phi) is 5.04. The summed E-state index contributed by atoms with van der Waals surface area (Å²) in [5, 5.41) is 3.21. The fourth-order valence-electron chi connectivity index (χ4n) is 2.10. The van der Waals surface area contributed by atoms with Gasteiger partial charge in [0.05, 0.1) is 5.69 Å². The van der Waals surface area contributed by atoms with Crippen molar-refractivity contribution >= 4 is 17.6 Å². The van der Waals surface area contributed by atoms with Crippen LogP contribution in [0.15, 0.2) is 89.9 Å². The second-order valence-electron chi connectivity index (χ2n) is 5.00. The minimum absolute atomic E-state index is 0.413. The van der Waals surface area contributed by atoms with Crippen molar-refractivity contribution in [1.82, 2.24) is 0 Å². The summed E-state index contributed by atoms with van der Waals surface area (Å²) in [5.74, 6) is 0.788. The van der Waals surface area contributed by atoms with E-state index in [2.05, 4.69) is 10.3 Å². The molecule has 3 heteroatoms. The number of benzene rings is 3. The number of rotatable bonds is 6. The summed E-state index contributed by atoms with van der Waals surface area (Å²) in [4.78, 5) is 4.48. The van der Waals surface area contributed by atoms with E-state index in [-0.39, 0.29) is 0 Å². The summed E-state index contributed by atoms with van der Waals surface area (Å²) < 4.78 is 5.72. The third kappa shape index (κ3) is 4.71. The molecule has 0 fully saturated rings. The molecule has 0 heterocycles. The van der Waals surface area contributed by atoms with Crippen LogP contribution in [0, 0.1) is 0 Å². The summed E-state index contributed by atoms with van der Waals surface area (Å²) in [6.45, 7) is 0.413. The topological polar surface area (TPSA) is 33.6 Å². The van der Waals surface area contributed by atoms with Gasteiger partial charge in [-0.3, -0.25) is 4.99 Å². The predicted molar refractivity (Wildman–Crippen MR) is 95.7 cm³/mol. The zero-order valence-electron chi connectivity index (χ0n) is 12.7. The predicted octanol–water partition coefficient (Wildman–Crippen LogP) is 4.89. The Balaban J connectivity index is 1.58. The van der Waals surface area contributed by atoms with E-state index in [9.17, 15) is 0 Å². The van der Waals surface area contributed by atoms with Gasteiger partial charge in [-0.15, -0.1) is 0 Å². The van der Waals surface area contributed by atoms with Crippen molar-refractivity contribution in [2.24, 2.45) is 4.99 Å². The van der Waals surface area contributed by atoms with Crippen molar-refractivity contribution < 1.29 is 4.74 Å². The summed E-state index contributed by atoms with van der Waals surface area (Å²) in [5.41, 5.74) is 2.97. The van der Waals surface area contributed by atoms with Crippen molar-refractivity contribution in [1.29, 1.82) is 0 Å². The summed E-state index contributed by atoms with van der Waals surface area (Å²) in [7, 11) is 0. The van der Waals surface area contributed by atoms with Crippen LogP contribution in [0.25, 0.3) is 0 Å². The molecule has 3 aromatic carbocycles. The van der Waals surface area contributed by atoms with Gasteiger partial charge in [0.15, 0.2) is 6.73 Å². The van der Waals surface area contributed by atoms with Crippen LogP contribution < -0.4 is 10.1 Å². The number of aliphatic imine (C=N–C) groups is 1. The van der Waals surface area contributed by atoms with E-state index in [1.807, 2.05) is 91.1 Å². The molecule has 0 radical (unpaired) electrons. The van der Waals surface area contributed by atoms with Crippen LogP contribution in [-0.2, 0) is 0 Å². The molecule has 0 unspecified atom stereocenters. The third-order valence-corrected chi connectivity index (χ3v) is 3.27. The van der Waals surface area contributed by atoms with Crippen molar-refractivity contribution in [3.63, 3.8) is 0 Å². The molecule has 0 spiro atoms. The van der Waals surface area contributed by atoms with Crippen molar-refractivity contribution in [2.75, 3.05) is 12.0 Å². The molecule has 0 saturated heterocycles. The maximum atomic E-state index is 5.72. The first-order valence-electron chi connectivity index (χ1n) is 7.51. The van der Waals surface area contributed by atoms with Crippen LogP contribution in [0.3, 0.4) is 0 Å². The number of hydrogen-bond donors (Lipinski definition) is 1. The number of nitrogens with zero attached hydrogens (tertiary/aromatic N) is 1. The number of hydrogen-bond acceptors (Lipinski definition) is 3. The molecule has 0 atom stereocenters. The van der Waals surface area contributed by atoms with E-state index >= 15 is 0 Å². The quantitative estimate of drug-likeness (QED) is 0.520. The highest BCUT2D eigenvalue weighted by molar-refractivity contribution is 5.81. The van der Waals surface area contributed by atoms with E-state index in [0.717, 1.165) is 22.7 Å². The van der Waals surface area contributed by atoms with Crippen molar-refractivity contribution in [3.8, 4) is 5.75 Å². The fraction of sp³-hybridized carbons (Fsp3) is 0.0500. The van der Waals surface area contributed by atoms with E-state index < -0.39 is 0 Å². The molecule has 3 nitrogen and oxygen atoms in total. The van der Waals surface area contributed by atoms with Crippen molar-refractivity contribution in [3.05, 3.63) is 90.5 Å². The first-order valence-corrected chi connectivity index (χ1v) is 7.51. The van der Waals surface area contributed by atoms with Crippen molar-refractivity contribution in [2.45, 2.75) is 0 Å². The van der Waals surface area contributed by atoms with Gasteiger partial charge in [0.1, 0.15) is 5.75 Å². The zero-order chi connectivity index (χ0) is 15.7. The van der Waals surface area contributed by atoms with Crippen LogP contribution >= 0.6 is 0 Å². The van der Waals surface area contributed by atoms with Gasteiger partial charge in [-0.1, -0.05) is 54.6 Å². The minimum Gasteiger partial charge on any atom is -0.473 e. The van der Waals surface area contributed by atoms with E-state index in [1.165, 1.54) is 0 Å². The number of para-hydroxylation sites is 1. The molecule has 114 valence electrons. The molecule has 0 amide bonds. The SMILES string of the molecule is C(=Nc1cccc(OCNc2ccccc2)c1)c1ccccc1. The average molecular weight is 302 g/mol. The second kappa shape index (κ2) is 7.80. The average Bonchev–Trinajstić information content (AvgIpc) is 2.62. The van der Waals surface area contributed by atoms with Gasteiger partial charge in [-0.25, -0.2) is 0 Å². The lowest BCUT2D eigenvalue weighted by Crippen LogP contribution is -2.08. The Morgan fingerprint density at radius 2 is 1.57 bits per heavy atom. The molecule has 0 aromatic heterocycles. The molecule has 0 aliphatic rings. The Hall–Kier alpha value is -3.07. The van der Waals surface area contributed by atoms with Gasteiger partial charge in [0.25, 0.3) is 0 Å². The zero-order valence-corrected chi connectivity index (χ0v) is 12.7. The maximum absolute atomic E-state index is 5.72. The Morgan fingerprint density at radius 3 is 2.35 bits per heavy atom. The van der Waals surface area contributed by atoms with Gasteiger partial charge < -0.3 is 10.1 Å². The molecule has 0 saturated carbocycles. The smallest absolute Gasteiger partial charge is 0.159 e. The van der Waals surface area contributed by atoms with Crippen LogP contribution in [0.5, 0.6) is 5.75 Å². The van der Waals surface area contributed by atoms with E-state index in [0.29, 0.717) is 6.73 Å². The molecule has 3 aromatic rings. The van der Waals surface area contributed by atoms with Gasteiger partial charge in [0, 0.05) is 18.0 Å². The summed E-state index contributed by atoms with van der Waals surface area (Å²) in [6.07, 6.45) is 1.85. The lowest BCUT2D eigenvalue weighted by atomic mass is 10.2. The van der Waals surface area contributed by atoms with E-state index in [1.54, 1.807) is 0 Å². The second-order valence-corrected chi connectivity index (χ2v) is 5.00. The number of anilines is 1. The molecule has 0 bridgehead atoms. The molecule has 0 aliphatic heterocycles. The first kappa shape index (κ1) is 14.9. The largest absolute Gasteiger partial charge is 0.473 e. The summed E-state index contributed by atoms with van der Waals surface area (Å²) >= 11 is 0. The summed E-state index contributed by atoms with van der Waals surface area (Å²) in [6, 6.07) is 27.7. The molecule has 23 heavy (non-hydrogen) atoms. The monoisotopic (exact) mass is 302 g/mol. The van der Waals surface area contributed by atoms with Crippen LogP contribution in [-0.4, -0.2) is 12.9 Å². The lowest BCUT2D eigenvalue weighted by Gasteiger charge is -2.09. The molecular weight excluding hydrogens is 284 g/mol. The third-order valence-electron chi connectivity index (χ3n) is 3.27. The Morgan fingerprint density at radius 1 is 0.826 bits per heavy atom. The number of nitrogens with one attached hydrogen (secondary N) is 1. The molecule has 0 aliphatic carbocycles. The minimum atomic E-state index is 0.413. The van der Waals surface area contributed by atoms with Gasteiger partial charge in [-0.05, 0) is 29.8 Å². The molecular formula is C20H18N2O. The van der Waals surface area contributed by atoms with Gasteiger partial charge >= 0.3 is 0 Å². The number of ether oxygens (including phenoxy) is 1. The highest BCUT2D eigenvalue weighted by Crippen LogP contribution is 2.20. The van der Waals surface area contributed by atoms with Crippen LogP contribution in [0.4, 0.5) is 11.4 Å². The lowest BCUT2D eigenvalue weighted by molar-refractivity contribution is 0.347. The maximum Gasteiger partial charge on any atom is 0.159 e. The first-order chi connectivity index (χ1) is 11.4. The van der Waals surface area contributed by atoms with Crippen LogP contribution in [0.1, 0.15) is 5.56 Å². The van der Waals surface area contributed by atoms with Crippen LogP contribution in [0.2, 0.25) is 0 Å². The molecule has 1 N–H and O–H groups in total. The highest BCUT2D eigenvalue weighted by Gasteiger charge is 1.96.